The van der Waals surface area contributed by atoms with Gasteiger partial charge in [-0.2, -0.15) is 0 Å². The summed E-state index contributed by atoms with van der Waals surface area (Å²) in [6, 6.07) is 19.0. The minimum atomic E-state index is -0.340. The molecular weight excluding hydrogens is 386 g/mol. The highest BCUT2D eigenvalue weighted by Gasteiger charge is 2.42. The predicted molar refractivity (Wildman–Crippen MR) is 137 cm³/mol. The molecule has 0 atom stereocenters. The Bertz CT molecular complexity index is 1170. The summed E-state index contributed by atoms with van der Waals surface area (Å²) in [7, 11) is 0. The highest BCUT2D eigenvalue weighted by atomic mass is 14.7. The molecule has 0 aromatic heterocycles. The number of rotatable bonds is 1. The minimum absolute atomic E-state index is 0.00690. The number of hydrogen-bond acceptors (Lipinski definition) is 1. The average molecular weight is 424 g/mol. The predicted octanol–water partition coefficient (Wildman–Crippen LogP) is 7.79. The van der Waals surface area contributed by atoms with Gasteiger partial charge in [-0.05, 0) is 87.0 Å². The average Bonchev–Trinajstić information content (AvgIpc) is 3.05. The van der Waals surface area contributed by atoms with Gasteiger partial charge in [0.1, 0.15) is 0 Å². The maximum atomic E-state index is 6.45. The number of benzene rings is 3. The van der Waals surface area contributed by atoms with Crippen molar-refractivity contribution in [2.24, 2.45) is 5.73 Å². The fourth-order valence-electron chi connectivity index (χ4n) is 5.83. The Morgan fingerprint density at radius 1 is 0.531 bits per heavy atom. The Kier molecular flexibility index (Phi) is 4.12. The van der Waals surface area contributed by atoms with Crippen molar-refractivity contribution in [3.05, 3.63) is 81.9 Å². The van der Waals surface area contributed by atoms with Crippen LogP contribution >= 0.6 is 0 Å². The minimum Gasteiger partial charge on any atom is -0.322 e. The van der Waals surface area contributed by atoms with Crippen LogP contribution in [0, 0.1) is 0 Å². The highest BCUT2D eigenvalue weighted by molar-refractivity contribution is 5.89. The van der Waals surface area contributed by atoms with Gasteiger partial charge in [0.2, 0.25) is 0 Å². The van der Waals surface area contributed by atoms with Gasteiger partial charge in [0.05, 0.1) is 0 Å². The van der Waals surface area contributed by atoms with E-state index < -0.39 is 0 Å². The first-order valence-electron chi connectivity index (χ1n) is 11.9. The van der Waals surface area contributed by atoms with E-state index in [0.29, 0.717) is 0 Å². The second-order valence-electron chi connectivity index (χ2n) is 12.7. The summed E-state index contributed by atoms with van der Waals surface area (Å²) >= 11 is 0. The largest absolute Gasteiger partial charge is 0.322 e. The van der Waals surface area contributed by atoms with Crippen LogP contribution in [0.15, 0.2) is 48.5 Å². The molecule has 166 valence electrons. The van der Waals surface area contributed by atoms with Gasteiger partial charge in [-0.15, -0.1) is 0 Å². The lowest BCUT2D eigenvalue weighted by Gasteiger charge is -2.26. The van der Waals surface area contributed by atoms with E-state index in [9.17, 15) is 0 Å². The van der Waals surface area contributed by atoms with Gasteiger partial charge in [-0.25, -0.2) is 0 Å². The van der Waals surface area contributed by atoms with Crippen LogP contribution in [0.5, 0.6) is 0 Å². The SMILES string of the molecule is CC(C)(C)c1ccc2c(c1)C(C)(C)c1cc3c(cc1-2)C(C)(C)c1cc(C(C)(C)N)ccc1-3. The molecule has 0 saturated carbocycles. The lowest BCUT2D eigenvalue weighted by molar-refractivity contribution is 0.551. The van der Waals surface area contributed by atoms with Crippen molar-refractivity contribution in [2.75, 3.05) is 0 Å². The van der Waals surface area contributed by atoms with Gasteiger partial charge in [0, 0.05) is 16.4 Å². The Morgan fingerprint density at radius 3 is 1.31 bits per heavy atom. The maximum absolute atomic E-state index is 6.45. The van der Waals surface area contributed by atoms with Crippen LogP contribution in [0.4, 0.5) is 0 Å². The van der Waals surface area contributed by atoms with E-state index in [2.05, 4.69) is 111 Å². The van der Waals surface area contributed by atoms with Gasteiger partial charge in [0.25, 0.3) is 0 Å². The van der Waals surface area contributed by atoms with E-state index in [0.717, 1.165) is 0 Å². The third-order valence-corrected chi connectivity index (χ3v) is 8.08. The molecule has 0 spiro atoms. The highest BCUT2D eigenvalue weighted by Crippen LogP contribution is 2.56. The van der Waals surface area contributed by atoms with E-state index in [1.54, 1.807) is 0 Å². The molecule has 0 fully saturated rings. The van der Waals surface area contributed by atoms with E-state index in [1.807, 2.05) is 0 Å². The molecule has 0 radical (unpaired) electrons. The molecule has 3 aromatic carbocycles. The Hall–Kier alpha value is -2.38. The Morgan fingerprint density at radius 2 is 0.906 bits per heavy atom. The topological polar surface area (TPSA) is 26.0 Å². The molecule has 0 heterocycles. The fraction of sp³-hybridized carbons (Fsp3) is 0.419. The summed E-state index contributed by atoms with van der Waals surface area (Å²) in [5.74, 6) is 0. The van der Waals surface area contributed by atoms with Gasteiger partial charge >= 0.3 is 0 Å². The summed E-state index contributed by atoms with van der Waals surface area (Å²) in [6.07, 6.45) is 0. The lowest BCUT2D eigenvalue weighted by atomic mass is 9.78. The third-order valence-electron chi connectivity index (χ3n) is 8.08. The lowest BCUT2D eigenvalue weighted by Crippen LogP contribution is -2.29. The molecule has 32 heavy (non-hydrogen) atoms. The molecule has 1 heteroatoms. The monoisotopic (exact) mass is 423 g/mol. The van der Waals surface area contributed by atoms with Gasteiger partial charge in [-0.1, -0.05) is 84.9 Å². The quantitative estimate of drug-likeness (QED) is 0.425. The molecule has 2 N–H and O–H groups in total. The van der Waals surface area contributed by atoms with Crippen molar-refractivity contribution in [1.82, 2.24) is 0 Å². The summed E-state index contributed by atoms with van der Waals surface area (Å²) < 4.78 is 0. The molecule has 0 bridgehead atoms. The zero-order valence-electron chi connectivity index (χ0n) is 21.2. The van der Waals surface area contributed by atoms with Crippen LogP contribution in [-0.4, -0.2) is 0 Å². The Balaban J connectivity index is 1.73. The zero-order chi connectivity index (χ0) is 23.4. The van der Waals surface area contributed by atoms with Crippen molar-refractivity contribution in [3.8, 4) is 22.3 Å². The number of hydrogen-bond donors (Lipinski definition) is 1. The Labute approximate surface area is 194 Å². The molecule has 0 amide bonds. The first kappa shape index (κ1) is 21.5. The van der Waals surface area contributed by atoms with Crippen LogP contribution in [0.25, 0.3) is 22.3 Å². The van der Waals surface area contributed by atoms with Crippen LogP contribution < -0.4 is 5.73 Å². The summed E-state index contributed by atoms with van der Waals surface area (Å²) in [4.78, 5) is 0. The molecule has 2 aliphatic carbocycles. The third kappa shape index (κ3) is 2.80. The summed E-state index contributed by atoms with van der Waals surface area (Å²) in [5.41, 5.74) is 20.1. The van der Waals surface area contributed by atoms with Gasteiger partial charge < -0.3 is 5.73 Å². The standard InChI is InChI=1S/C31H37N/c1-28(2,3)18-10-12-20-22-16-27-23(17-26(22)29(4,5)24(20)14-18)21-13-11-19(31(8,9)32)15-25(21)30(27,6)7/h10-17H,32H2,1-9H3. The summed E-state index contributed by atoms with van der Waals surface area (Å²) in [6.45, 7) is 20.6. The maximum Gasteiger partial charge on any atom is 0.0352 e. The van der Waals surface area contributed by atoms with Crippen molar-refractivity contribution in [2.45, 2.75) is 84.1 Å². The molecule has 0 unspecified atom stereocenters. The van der Waals surface area contributed by atoms with Crippen LogP contribution in [0.2, 0.25) is 0 Å². The van der Waals surface area contributed by atoms with E-state index in [4.69, 9.17) is 5.73 Å². The van der Waals surface area contributed by atoms with Gasteiger partial charge in [-0.3, -0.25) is 0 Å². The molecule has 5 rings (SSSR count). The molecular formula is C31H37N. The first-order chi connectivity index (χ1) is 14.6. The molecule has 0 aliphatic heterocycles. The second kappa shape index (κ2) is 6.14. The van der Waals surface area contributed by atoms with E-state index in [-0.39, 0.29) is 21.8 Å². The van der Waals surface area contributed by atoms with Crippen molar-refractivity contribution < 1.29 is 0 Å². The van der Waals surface area contributed by atoms with Crippen molar-refractivity contribution in [1.29, 1.82) is 0 Å². The van der Waals surface area contributed by atoms with Crippen LogP contribution in [0.1, 0.15) is 95.7 Å². The van der Waals surface area contributed by atoms with E-state index >= 15 is 0 Å². The number of nitrogens with two attached hydrogens (primary N) is 1. The molecule has 1 nitrogen and oxygen atoms in total. The van der Waals surface area contributed by atoms with Crippen LogP contribution in [0.3, 0.4) is 0 Å². The van der Waals surface area contributed by atoms with E-state index in [1.165, 1.54) is 55.6 Å². The molecule has 0 saturated heterocycles. The van der Waals surface area contributed by atoms with Crippen molar-refractivity contribution >= 4 is 0 Å². The normalized spacial score (nSPS) is 17.6. The fourth-order valence-corrected chi connectivity index (χ4v) is 5.83. The number of fused-ring (bicyclic) bond motifs is 6. The second-order valence-corrected chi connectivity index (χ2v) is 12.7. The van der Waals surface area contributed by atoms with Crippen molar-refractivity contribution in [3.63, 3.8) is 0 Å². The summed E-state index contributed by atoms with van der Waals surface area (Å²) in [5, 5.41) is 0. The van der Waals surface area contributed by atoms with Crippen LogP contribution in [-0.2, 0) is 21.8 Å². The molecule has 2 aliphatic rings. The zero-order valence-corrected chi connectivity index (χ0v) is 21.2. The van der Waals surface area contributed by atoms with Gasteiger partial charge in [0.15, 0.2) is 0 Å². The smallest absolute Gasteiger partial charge is 0.0352 e. The molecule has 3 aromatic rings. The first-order valence-corrected chi connectivity index (χ1v) is 11.9.